The van der Waals surface area contributed by atoms with Crippen molar-refractivity contribution in [1.29, 1.82) is 0 Å². The van der Waals surface area contributed by atoms with E-state index >= 15 is 0 Å². The predicted octanol–water partition coefficient (Wildman–Crippen LogP) is 4.98. The van der Waals surface area contributed by atoms with Crippen molar-refractivity contribution in [1.82, 2.24) is 0 Å². The maximum absolute atomic E-state index is 12.3. The maximum atomic E-state index is 12.3. The number of thioether (sulfide) groups is 1. The van der Waals surface area contributed by atoms with Crippen LogP contribution in [0.1, 0.15) is 36.0 Å². The van der Waals surface area contributed by atoms with Gasteiger partial charge < -0.3 is 10.1 Å². The van der Waals surface area contributed by atoms with Gasteiger partial charge in [-0.15, -0.1) is 0 Å². The van der Waals surface area contributed by atoms with Crippen molar-refractivity contribution in [2.45, 2.75) is 43.6 Å². The fourth-order valence-corrected chi connectivity index (χ4v) is 4.28. The molecule has 4 heteroatoms. The van der Waals surface area contributed by atoms with Gasteiger partial charge in [-0.2, -0.15) is 11.8 Å². The Hall–Kier alpha value is -1.78. The second-order valence-electron chi connectivity index (χ2n) is 6.86. The van der Waals surface area contributed by atoms with Gasteiger partial charge >= 0.3 is 0 Å². The number of rotatable bonds is 7. The molecule has 1 fully saturated rings. The first kappa shape index (κ1) is 19.0. The molecule has 0 saturated carbocycles. The zero-order chi connectivity index (χ0) is 18.2. The van der Waals surface area contributed by atoms with Crippen molar-refractivity contribution in [3.63, 3.8) is 0 Å². The third-order valence-corrected chi connectivity index (χ3v) is 6.03. The molecule has 2 aromatic rings. The summed E-state index contributed by atoms with van der Waals surface area (Å²) >= 11 is 1.99. The summed E-state index contributed by atoms with van der Waals surface area (Å²) in [6.07, 6.45) is 3.55. The highest BCUT2D eigenvalue weighted by molar-refractivity contribution is 7.99. The van der Waals surface area contributed by atoms with Crippen LogP contribution in [0.15, 0.2) is 48.5 Å². The highest BCUT2D eigenvalue weighted by atomic mass is 32.2. The van der Waals surface area contributed by atoms with E-state index in [4.69, 9.17) is 4.74 Å². The van der Waals surface area contributed by atoms with Gasteiger partial charge in [-0.1, -0.05) is 42.0 Å². The molecule has 138 valence electrons. The smallest absolute Gasteiger partial charge is 0.224 e. The number of carbonyl (C=O) groups is 1. The topological polar surface area (TPSA) is 38.3 Å². The lowest BCUT2D eigenvalue weighted by Gasteiger charge is -2.21. The van der Waals surface area contributed by atoms with E-state index in [0.29, 0.717) is 11.7 Å². The molecule has 0 aliphatic carbocycles. The number of ether oxygens (including phenoxy) is 1. The summed E-state index contributed by atoms with van der Waals surface area (Å²) in [5.74, 6) is 1.05. The zero-order valence-electron chi connectivity index (χ0n) is 15.4. The highest BCUT2D eigenvalue weighted by Crippen LogP contribution is 2.26. The molecular weight excluding hydrogens is 342 g/mol. The van der Waals surface area contributed by atoms with E-state index in [0.717, 1.165) is 43.9 Å². The molecule has 1 aliphatic rings. The molecule has 0 spiro atoms. The number of benzene rings is 2. The zero-order valence-corrected chi connectivity index (χ0v) is 16.2. The first-order chi connectivity index (χ1) is 12.7. The van der Waals surface area contributed by atoms with E-state index in [1.807, 2.05) is 30.0 Å². The van der Waals surface area contributed by atoms with Crippen LogP contribution in [0.3, 0.4) is 0 Å². The van der Waals surface area contributed by atoms with E-state index in [-0.39, 0.29) is 5.91 Å². The van der Waals surface area contributed by atoms with E-state index in [9.17, 15) is 4.79 Å². The Labute approximate surface area is 160 Å². The summed E-state index contributed by atoms with van der Waals surface area (Å²) in [4.78, 5) is 12.3. The molecule has 3 nitrogen and oxygen atoms in total. The average molecular weight is 370 g/mol. The van der Waals surface area contributed by atoms with Crippen LogP contribution >= 0.6 is 11.8 Å². The molecule has 3 rings (SSSR count). The summed E-state index contributed by atoms with van der Waals surface area (Å²) in [7, 11) is 0. The molecule has 1 saturated heterocycles. The number of hydrogen-bond acceptors (Lipinski definition) is 3. The SMILES string of the molecule is Cc1cccc(CCC(=O)Nc2cccc(CSC3CCOCC3)c2)c1. The second-order valence-corrected chi connectivity index (χ2v) is 8.15. The van der Waals surface area contributed by atoms with Crippen LogP contribution in [-0.4, -0.2) is 24.4 Å². The Morgan fingerprint density at radius 3 is 2.69 bits per heavy atom. The first-order valence-electron chi connectivity index (χ1n) is 9.33. The monoisotopic (exact) mass is 369 g/mol. The number of nitrogens with one attached hydrogen (secondary N) is 1. The summed E-state index contributed by atoms with van der Waals surface area (Å²) in [5.41, 5.74) is 4.60. The van der Waals surface area contributed by atoms with Crippen molar-refractivity contribution >= 4 is 23.4 Å². The Morgan fingerprint density at radius 1 is 1.12 bits per heavy atom. The second kappa shape index (κ2) is 9.79. The van der Waals surface area contributed by atoms with Crippen LogP contribution in [0.25, 0.3) is 0 Å². The van der Waals surface area contributed by atoms with Crippen LogP contribution in [0.2, 0.25) is 0 Å². The van der Waals surface area contributed by atoms with Gasteiger partial charge in [0.25, 0.3) is 0 Å². The molecule has 0 aromatic heterocycles. The molecule has 26 heavy (non-hydrogen) atoms. The first-order valence-corrected chi connectivity index (χ1v) is 10.4. The maximum Gasteiger partial charge on any atom is 0.224 e. The summed E-state index contributed by atoms with van der Waals surface area (Å²) in [6.45, 7) is 3.84. The predicted molar refractivity (Wildman–Crippen MR) is 110 cm³/mol. The van der Waals surface area contributed by atoms with Gasteiger partial charge in [0.2, 0.25) is 5.91 Å². The number of amides is 1. The molecule has 1 amide bonds. The number of carbonyl (C=O) groups excluding carboxylic acids is 1. The molecule has 0 bridgehead atoms. The summed E-state index contributed by atoms with van der Waals surface area (Å²) < 4.78 is 5.42. The minimum absolute atomic E-state index is 0.0701. The van der Waals surface area contributed by atoms with E-state index in [1.165, 1.54) is 16.7 Å². The quantitative estimate of drug-likeness (QED) is 0.748. The molecule has 1 N–H and O–H groups in total. The summed E-state index contributed by atoms with van der Waals surface area (Å²) in [5, 5.41) is 3.73. The number of aryl methyl sites for hydroxylation is 2. The van der Waals surface area contributed by atoms with Gasteiger partial charge in [0.1, 0.15) is 0 Å². The standard InChI is InChI=1S/C22H27NO2S/c1-17-4-2-5-18(14-17)8-9-22(24)23-20-7-3-6-19(15-20)16-26-21-10-12-25-13-11-21/h2-7,14-15,21H,8-13,16H2,1H3,(H,23,24). The lowest BCUT2D eigenvalue weighted by molar-refractivity contribution is -0.116. The molecule has 0 atom stereocenters. The largest absolute Gasteiger partial charge is 0.381 e. The van der Waals surface area contributed by atoms with Gasteiger partial charge in [-0.05, 0) is 49.4 Å². The van der Waals surface area contributed by atoms with E-state index in [2.05, 4.69) is 42.6 Å². The van der Waals surface area contributed by atoms with Gasteiger partial charge in [0.15, 0.2) is 0 Å². The highest BCUT2D eigenvalue weighted by Gasteiger charge is 2.14. The Kier molecular flexibility index (Phi) is 7.15. The van der Waals surface area contributed by atoms with Crippen molar-refractivity contribution in [3.8, 4) is 0 Å². The number of hydrogen-bond donors (Lipinski definition) is 1. The number of anilines is 1. The lowest BCUT2D eigenvalue weighted by Crippen LogP contribution is -2.17. The fraction of sp³-hybridized carbons (Fsp3) is 0.409. The Bertz CT molecular complexity index is 726. The Morgan fingerprint density at radius 2 is 1.88 bits per heavy atom. The van der Waals surface area contributed by atoms with Crippen LogP contribution in [0, 0.1) is 6.92 Å². The molecule has 0 unspecified atom stereocenters. The molecule has 1 aliphatic heterocycles. The lowest BCUT2D eigenvalue weighted by atomic mass is 10.1. The third kappa shape index (κ3) is 6.19. The van der Waals surface area contributed by atoms with Crippen molar-refractivity contribution < 1.29 is 9.53 Å². The Balaban J connectivity index is 1.47. The molecular formula is C22H27NO2S. The van der Waals surface area contributed by atoms with E-state index < -0.39 is 0 Å². The van der Waals surface area contributed by atoms with Gasteiger partial charge in [-0.3, -0.25) is 4.79 Å². The van der Waals surface area contributed by atoms with Crippen molar-refractivity contribution in [2.75, 3.05) is 18.5 Å². The van der Waals surface area contributed by atoms with Crippen LogP contribution in [-0.2, 0) is 21.7 Å². The van der Waals surface area contributed by atoms with E-state index in [1.54, 1.807) is 0 Å². The van der Waals surface area contributed by atoms with Gasteiger partial charge in [0.05, 0.1) is 0 Å². The summed E-state index contributed by atoms with van der Waals surface area (Å²) in [6, 6.07) is 16.6. The normalized spacial score (nSPS) is 15.0. The minimum atomic E-state index is 0.0701. The minimum Gasteiger partial charge on any atom is -0.381 e. The van der Waals surface area contributed by atoms with Crippen LogP contribution in [0.5, 0.6) is 0 Å². The van der Waals surface area contributed by atoms with Gasteiger partial charge in [0, 0.05) is 36.3 Å². The van der Waals surface area contributed by atoms with Crippen LogP contribution < -0.4 is 5.32 Å². The van der Waals surface area contributed by atoms with Crippen molar-refractivity contribution in [2.24, 2.45) is 0 Å². The fourth-order valence-electron chi connectivity index (χ4n) is 3.14. The molecule has 0 radical (unpaired) electrons. The average Bonchev–Trinajstić information content (AvgIpc) is 2.66. The van der Waals surface area contributed by atoms with Crippen molar-refractivity contribution in [3.05, 3.63) is 65.2 Å². The molecule has 1 heterocycles. The third-order valence-electron chi connectivity index (χ3n) is 4.59. The van der Waals surface area contributed by atoms with Crippen LogP contribution in [0.4, 0.5) is 5.69 Å². The molecule has 2 aromatic carbocycles. The van der Waals surface area contributed by atoms with Gasteiger partial charge in [-0.25, -0.2) is 0 Å².